The molecule has 0 radical (unpaired) electrons. The van der Waals surface area contributed by atoms with Crippen molar-refractivity contribution in [3.63, 3.8) is 0 Å². The second-order valence-corrected chi connectivity index (χ2v) is 7.23. The van der Waals surface area contributed by atoms with E-state index in [9.17, 15) is 9.90 Å². The van der Waals surface area contributed by atoms with Gasteiger partial charge < -0.3 is 19.3 Å². The molecule has 0 saturated carbocycles. The van der Waals surface area contributed by atoms with E-state index in [1.54, 1.807) is 18.2 Å². The van der Waals surface area contributed by atoms with E-state index in [-0.39, 0.29) is 12.1 Å². The molecule has 1 aliphatic rings. The highest BCUT2D eigenvalue weighted by atomic mass is 16.5. The lowest BCUT2D eigenvalue weighted by Crippen LogP contribution is -2.62. The molecule has 1 aliphatic heterocycles. The Balaban J connectivity index is 2.75. The average molecular weight is 365 g/mol. The van der Waals surface area contributed by atoms with Gasteiger partial charge in [-0.1, -0.05) is 6.92 Å². The van der Waals surface area contributed by atoms with Crippen LogP contribution in [0.1, 0.15) is 40.5 Å². The number of rotatable bonds is 5. The highest BCUT2D eigenvalue weighted by Gasteiger charge is 2.51. The van der Waals surface area contributed by atoms with Crippen LogP contribution in [0.5, 0.6) is 11.5 Å². The van der Waals surface area contributed by atoms with Crippen LogP contribution in [0.3, 0.4) is 0 Å². The van der Waals surface area contributed by atoms with Crippen molar-refractivity contribution in [2.75, 3.05) is 20.8 Å². The predicted molar refractivity (Wildman–Crippen MR) is 101 cm³/mol. The van der Waals surface area contributed by atoms with Gasteiger partial charge in [-0.2, -0.15) is 9.79 Å². The van der Waals surface area contributed by atoms with Gasteiger partial charge in [0.05, 0.1) is 19.8 Å². The number of carboxylic acid groups (broad SMARTS) is 1. The lowest BCUT2D eigenvalue weighted by atomic mass is 9.97. The van der Waals surface area contributed by atoms with Crippen molar-refractivity contribution in [1.82, 2.24) is 4.48 Å². The van der Waals surface area contributed by atoms with E-state index in [0.717, 1.165) is 6.42 Å². The van der Waals surface area contributed by atoms with E-state index in [1.165, 1.54) is 14.2 Å². The first-order valence-electron chi connectivity index (χ1n) is 8.80. The molecule has 0 bridgehead atoms. The molecule has 0 aromatic heterocycles. The first-order valence-corrected chi connectivity index (χ1v) is 8.80. The molecule has 1 heterocycles. The number of aliphatic imine (C=N–C) groups is 1. The summed E-state index contributed by atoms with van der Waals surface area (Å²) in [6, 6.07) is 5.30. The zero-order valence-electron chi connectivity index (χ0n) is 16.4. The second kappa shape index (κ2) is 7.53. The van der Waals surface area contributed by atoms with Gasteiger partial charge in [-0.15, -0.1) is 4.48 Å². The molecule has 7 nitrogen and oxygen atoms in total. The van der Waals surface area contributed by atoms with E-state index >= 15 is 0 Å². The SMILES string of the molecule is CCC[N+](C(=O)O)(C1=NC(C)(C)CC(C)O1)c1cc(OC)cc(OC)c1. The van der Waals surface area contributed by atoms with Gasteiger partial charge in [-0.25, -0.2) is 0 Å². The maximum atomic E-state index is 12.6. The minimum absolute atomic E-state index is 0.126. The maximum absolute atomic E-state index is 12.6. The number of hydrogen-bond acceptors (Lipinski definition) is 5. The van der Waals surface area contributed by atoms with Gasteiger partial charge in [0.25, 0.3) is 0 Å². The van der Waals surface area contributed by atoms with E-state index in [1.807, 2.05) is 27.7 Å². The number of carbonyl (C=O) groups is 1. The monoisotopic (exact) mass is 365 g/mol. The van der Waals surface area contributed by atoms with Crippen LogP contribution in [0.15, 0.2) is 23.2 Å². The lowest BCUT2D eigenvalue weighted by Gasteiger charge is -2.38. The van der Waals surface area contributed by atoms with Gasteiger partial charge in [-0.05, 0) is 27.2 Å². The summed E-state index contributed by atoms with van der Waals surface area (Å²) >= 11 is 0. The maximum Gasteiger partial charge on any atom is 0.528 e. The zero-order valence-corrected chi connectivity index (χ0v) is 16.4. The van der Waals surface area contributed by atoms with Crippen molar-refractivity contribution in [2.45, 2.75) is 52.2 Å². The first kappa shape index (κ1) is 20.0. The number of amides is 1. The third kappa shape index (κ3) is 3.77. The van der Waals surface area contributed by atoms with Crippen LogP contribution in [-0.4, -0.2) is 49.6 Å². The summed E-state index contributed by atoms with van der Waals surface area (Å²) in [4.78, 5) is 17.2. The van der Waals surface area contributed by atoms with Gasteiger partial charge >= 0.3 is 12.1 Å². The normalized spacial score (nSPS) is 21.2. The number of benzene rings is 1. The topological polar surface area (TPSA) is 77.4 Å². The van der Waals surface area contributed by atoms with Crippen LogP contribution in [0.4, 0.5) is 10.5 Å². The lowest BCUT2D eigenvalue weighted by molar-refractivity contribution is 0.103. The zero-order chi connectivity index (χ0) is 19.5. The Hall–Kier alpha value is -2.28. The molecule has 2 atom stereocenters. The van der Waals surface area contributed by atoms with Crippen molar-refractivity contribution < 1.29 is 24.1 Å². The Bertz CT molecular complexity index is 679. The predicted octanol–water partition coefficient (Wildman–Crippen LogP) is 4.04. The number of nitrogens with zero attached hydrogens (tertiary/aromatic N) is 2. The molecule has 1 N–H and O–H groups in total. The van der Waals surface area contributed by atoms with Crippen LogP contribution < -0.4 is 14.0 Å². The highest BCUT2D eigenvalue weighted by molar-refractivity contribution is 6.05. The molecular formula is C19H29N2O5+. The van der Waals surface area contributed by atoms with E-state index in [0.29, 0.717) is 30.2 Å². The van der Waals surface area contributed by atoms with Crippen molar-refractivity contribution in [2.24, 2.45) is 4.99 Å². The summed E-state index contributed by atoms with van der Waals surface area (Å²) in [5.74, 6) is 1.03. The minimum Gasteiger partial charge on any atom is -0.496 e. The molecule has 1 amide bonds. The number of methoxy groups -OCH3 is 2. The van der Waals surface area contributed by atoms with Crippen molar-refractivity contribution in [1.29, 1.82) is 0 Å². The fraction of sp³-hybridized carbons (Fsp3) is 0.579. The summed E-state index contributed by atoms with van der Waals surface area (Å²) in [6.45, 7) is 8.14. The smallest absolute Gasteiger partial charge is 0.496 e. The van der Waals surface area contributed by atoms with E-state index in [2.05, 4.69) is 4.99 Å². The molecule has 1 aromatic rings. The van der Waals surface area contributed by atoms with Crippen LogP contribution in [0, 0.1) is 0 Å². The molecule has 26 heavy (non-hydrogen) atoms. The Morgan fingerprint density at radius 2 is 1.88 bits per heavy atom. The van der Waals surface area contributed by atoms with Gasteiger partial charge in [0.2, 0.25) is 0 Å². The molecule has 2 unspecified atom stereocenters. The van der Waals surface area contributed by atoms with Gasteiger partial charge in [-0.3, -0.25) is 0 Å². The molecule has 1 aromatic carbocycles. The Kier molecular flexibility index (Phi) is 5.81. The number of hydrogen-bond donors (Lipinski definition) is 1. The summed E-state index contributed by atoms with van der Waals surface area (Å²) in [5, 5.41) is 10.3. The Morgan fingerprint density at radius 1 is 1.31 bits per heavy atom. The van der Waals surface area contributed by atoms with Crippen LogP contribution in [0.2, 0.25) is 0 Å². The summed E-state index contributed by atoms with van der Waals surface area (Å²) in [5.41, 5.74) is 0.0852. The molecule has 7 heteroatoms. The number of amidine groups is 1. The summed E-state index contributed by atoms with van der Waals surface area (Å²) < 4.78 is 16.1. The summed E-state index contributed by atoms with van der Waals surface area (Å²) in [6.07, 6.45) is 0.177. The third-order valence-corrected chi connectivity index (χ3v) is 4.48. The fourth-order valence-corrected chi connectivity index (χ4v) is 3.40. The number of quaternary nitrogens is 1. The quantitative estimate of drug-likeness (QED) is 0.797. The molecule has 0 saturated heterocycles. The summed E-state index contributed by atoms with van der Waals surface area (Å²) in [7, 11) is 3.07. The van der Waals surface area contributed by atoms with Crippen molar-refractivity contribution >= 4 is 17.8 Å². The van der Waals surface area contributed by atoms with Gasteiger partial charge in [0, 0.05) is 24.6 Å². The standard InChI is InChI=1S/C19H28N2O5/c1-7-8-21(18(22)23,17-20-19(3,4)12-13(2)26-17)14-9-15(24-5)11-16(10-14)25-6/h9-11,13H,7-8,12H2,1-6H3/p+1. The largest absolute Gasteiger partial charge is 0.528 e. The fourth-order valence-electron chi connectivity index (χ4n) is 3.40. The number of ether oxygens (including phenoxy) is 3. The molecule has 0 aliphatic carbocycles. The van der Waals surface area contributed by atoms with Gasteiger partial charge in [0.1, 0.15) is 24.1 Å². The Morgan fingerprint density at radius 3 is 2.31 bits per heavy atom. The Labute approximate surface area is 154 Å². The molecule has 0 fully saturated rings. The molecular weight excluding hydrogens is 336 g/mol. The molecule has 0 spiro atoms. The van der Waals surface area contributed by atoms with E-state index in [4.69, 9.17) is 14.2 Å². The van der Waals surface area contributed by atoms with E-state index < -0.39 is 16.1 Å². The van der Waals surface area contributed by atoms with Crippen LogP contribution in [-0.2, 0) is 4.74 Å². The first-order chi connectivity index (χ1) is 12.2. The minimum atomic E-state index is -1.05. The average Bonchev–Trinajstić information content (AvgIpc) is 2.56. The third-order valence-electron chi connectivity index (χ3n) is 4.48. The highest BCUT2D eigenvalue weighted by Crippen LogP contribution is 2.37. The van der Waals surface area contributed by atoms with Crippen molar-refractivity contribution in [3.8, 4) is 11.5 Å². The van der Waals surface area contributed by atoms with Crippen LogP contribution in [0.25, 0.3) is 0 Å². The van der Waals surface area contributed by atoms with Gasteiger partial charge in [0.15, 0.2) is 5.69 Å². The second-order valence-electron chi connectivity index (χ2n) is 7.23. The van der Waals surface area contributed by atoms with Crippen LogP contribution >= 0.6 is 0 Å². The molecule has 2 rings (SSSR count). The molecule has 144 valence electrons. The van der Waals surface area contributed by atoms with Crippen molar-refractivity contribution in [3.05, 3.63) is 18.2 Å².